The molecule has 14 heavy (non-hydrogen) atoms. The van der Waals surface area contributed by atoms with Crippen molar-refractivity contribution in [2.75, 3.05) is 13.7 Å². The molecule has 0 saturated heterocycles. The van der Waals surface area contributed by atoms with Gasteiger partial charge in [0.15, 0.2) is 0 Å². The zero-order chi connectivity index (χ0) is 10.6. The standard InChI is InChI=1S/C9H12O4S/c1-3-13-8-4-6-9(7-5-8)14(10,11)12-2/h4-7H,3H2,1-2H3. The lowest BCUT2D eigenvalue weighted by atomic mass is 10.3. The molecule has 0 saturated carbocycles. The average Bonchev–Trinajstić information content (AvgIpc) is 2.19. The van der Waals surface area contributed by atoms with Gasteiger partial charge in [-0.3, -0.25) is 4.18 Å². The molecule has 0 atom stereocenters. The van der Waals surface area contributed by atoms with Crippen molar-refractivity contribution in [3.63, 3.8) is 0 Å². The summed E-state index contributed by atoms with van der Waals surface area (Å²) in [6.45, 7) is 2.41. The molecule has 1 rings (SSSR count). The van der Waals surface area contributed by atoms with Crippen molar-refractivity contribution in [1.82, 2.24) is 0 Å². The van der Waals surface area contributed by atoms with Crippen LogP contribution >= 0.6 is 0 Å². The first-order valence-electron chi connectivity index (χ1n) is 4.13. The molecular formula is C9H12O4S. The van der Waals surface area contributed by atoms with E-state index in [-0.39, 0.29) is 4.90 Å². The fourth-order valence-corrected chi connectivity index (χ4v) is 1.63. The van der Waals surface area contributed by atoms with E-state index in [9.17, 15) is 8.42 Å². The molecule has 1 aromatic rings. The Morgan fingerprint density at radius 2 is 1.79 bits per heavy atom. The molecule has 4 nitrogen and oxygen atoms in total. The zero-order valence-corrected chi connectivity index (χ0v) is 8.87. The lowest BCUT2D eigenvalue weighted by Gasteiger charge is -2.04. The summed E-state index contributed by atoms with van der Waals surface area (Å²) in [4.78, 5) is 0.128. The molecule has 0 aromatic heterocycles. The molecule has 0 bridgehead atoms. The van der Waals surface area contributed by atoms with Crippen molar-refractivity contribution < 1.29 is 17.3 Å². The van der Waals surface area contributed by atoms with Gasteiger partial charge in [0.25, 0.3) is 10.1 Å². The Bertz CT molecular complexity index is 380. The molecule has 0 aliphatic rings. The molecule has 1 aromatic carbocycles. The highest BCUT2D eigenvalue weighted by molar-refractivity contribution is 7.86. The smallest absolute Gasteiger partial charge is 0.296 e. The Hall–Kier alpha value is -1.07. The number of rotatable bonds is 4. The number of hydrogen-bond acceptors (Lipinski definition) is 4. The predicted octanol–water partition coefficient (Wildman–Crippen LogP) is 1.42. The van der Waals surface area contributed by atoms with Gasteiger partial charge in [0.2, 0.25) is 0 Å². The van der Waals surface area contributed by atoms with E-state index in [1.807, 2.05) is 6.92 Å². The third-order valence-electron chi connectivity index (χ3n) is 1.64. The minimum atomic E-state index is -3.59. The minimum absolute atomic E-state index is 0.128. The quantitative estimate of drug-likeness (QED) is 0.714. The Kier molecular flexibility index (Phi) is 3.49. The highest BCUT2D eigenvalue weighted by atomic mass is 32.2. The van der Waals surface area contributed by atoms with Gasteiger partial charge >= 0.3 is 0 Å². The van der Waals surface area contributed by atoms with Gasteiger partial charge in [-0.05, 0) is 31.2 Å². The summed E-state index contributed by atoms with van der Waals surface area (Å²) in [5, 5.41) is 0. The van der Waals surface area contributed by atoms with Crippen LogP contribution in [0.25, 0.3) is 0 Å². The normalized spacial score (nSPS) is 11.3. The Morgan fingerprint density at radius 1 is 1.21 bits per heavy atom. The lowest BCUT2D eigenvalue weighted by Crippen LogP contribution is -2.02. The average molecular weight is 216 g/mol. The van der Waals surface area contributed by atoms with Gasteiger partial charge in [-0.25, -0.2) is 0 Å². The molecule has 5 heteroatoms. The van der Waals surface area contributed by atoms with Crippen LogP contribution in [0.15, 0.2) is 29.2 Å². The summed E-state index contributed by atoms with van der Waals surface area (Å²) >= 11 is 0. The first kappa shape index (κ1) is 11.0. The van der Waals surface area contributed by atoms with E-state index in [0.717, 1.165) is 7.11 Å². The van der Waals surface area contributed by atoms with Crippen LogP contribution in [-0.2, 0) is 14.3 Å². The third kappa shape index (κ3) is 2.46. The second kappa shape index (κ2) is 4.43. The van der Waals surface area contributed by atoms with Gasteiger partial charge in [-0.2, -0.15) is 8.42 Å². The molecule has 0 aliphatic heterocycles. The van der Waals surface area contributed by atoms with Crippen LogP contribution in [-0.4, -0.2) is 22.1 Å². The van der Waals surface area contributed by atoms with Crippen LogP contribution in [0, 0.1) is 0 Å². The predicted molar refractivity (Wildman–Crippen MR) is 51.8 cm³/mol. The topological polar surface area (TPSA) is 52.6 Å². The number of hydrogen-bond donors (Lipinski definition) is 0. The molecule has 0 unspecified atom stereocenters. The molecule has 78 valence electrons. The van der Waals surface area contributed by atoms with Crippen LogP contribution in [0.5, 0.6) is 5.75 Å². The molecule has 0 amide bonds. The zero-order valence-electron chi connectivity index (χ0n) is 8.06. The van der Waals surface area contributed by atoms with E-state index < -0.39 is 10.1 Å². The summed E-state index contributed by atoms with van der Waals surface area (Å²) in [7, 11) is -2.45. The van der Waals surface area contributed by atoms with E-state index >= 15 is 0 Å². The van der Waals surface area contributed by atoms with Crippen LogP contribution in [0.2, 0.25) is 0 Å². The Morgan fingerprint density at radius 3 is 2.21 bits per heavy atom. The second-order valence-electron chi connectivity index (χ2n) is 2.53. The fraction of sp³-hybridized carbons (Fsp3) is 0.333. The summed E-state index contributed by atoms with van der Waals surface area (Å²) in [6, 6.07) is 6.08. The second-order valence-corrected chi connectivity index (χ2v) is 4.24. The summed E-state index contributed by atoms with van der Waals surface area (Å²) in [5.41, 5.74) is 0. The van der Waals surface area contributed by atoms with Gasteiger partial charge in [-0.15, -0.1) is 0 Å². The monoisotopic (exact) mass is 216 g/mol. The summed E-state index contributed by atoms with van der Waals surface area (Å²) < 4.78 is 31.9. The van der Waals surface area contributed by atoms with Crippen LogP contribution in [0.4, 0.5) is 0 Å². The third-order valence-corrected chi connectivity index (χ3v) is 2.93. The van der Waals surface area contributed by atoms with Gasteiger partial charge < -0.3 is 4.74 Å². The fourth-order valence-electron chi connectivity index (χ4n) is 0.965. The first-order valence-corrected chi connectivity index (χ1v) is 5.54. The van der Waals surface area contributed by atoms with E-state index in [4.69, 9.17) is 4.74 Å². The molecule has 0 N–H and O–H groups in total. The highest BCUT2D eigenvalue weighted by Gasteiger charge is 2.11. The van der Waals surface area contributed by atoms with E-state index in [1.165, 1.54) is 12.1 Å². The molecule has 0 fully saturated rings. The van der Waals surface area contributed by atoms with Gasteiger partial charge in [0.1, 0.15) is 5.75 Å². The van der Waals surface area contributed by atoms with Gasteiger partial charge in [-0.1, -0.05) is 0 Å². The maximum Gasteiger partial charge on any atom is 0.296 e. The van der Waals surface area contributed by atoms with Crippen molar-refractivity contribution in [3.05, 3.63) is 24.3 Å². The van der Waals surface area contributed by atoms with Crippen molar-refractivity contribution >= 4 is 10.1 Å². The van der Waals surface area contributed by atoms with Crippen molar-refractivity contribution in [3.8, 4) is 5.75 Å². The molecule has 0 radical (unpaired) electrons. The largest absolute Gasteiger partial charge is 0.494 e. The maximum absolute atomic E-state index is 11.2. The van der Waals surface area contributed by atoms with E-state index in [2.05, 4.69) is 4.18 Å². The van der Waals surface area contributed by atoms with Crippen molar-refractivity contribution in [2.45, 2.75) is 11.8 Å². The molecule has 0 aliphatic carbocycles. The van der Waals surface area contributed by atoms with Gasteiger partial charge in [0, 0.05) is 0 Å². The maximum atomic E-state index is 11.2. The SMILES string of the molecule is CCOc1ccc(S(=O)(=O)OC)cc1. The van der Waals surface area contributed by atoms with Crippen molar-refractivity contribution in [1.29, 1.82) is 0 Å². The Balaban J connectivity index is 2.94. The van der Waals surface area contributed by atoms with Crippen LogP contribution in [0.3, 0.4) is 0 Å². The summed E-state index contributed by atoms with van der Waals surface area (Å²) in [5.74, 6) is 0.641. The van der Waals surface area contributed by atoms with Crippen LogP contribution in [0.1, 0.15) is 6.92 Å². The number of ether oxygens (including phenoxy) is 1. The lowest BCUT2D eigenvalue weighted by molar-refractivity contribution is 0.340. The molecular weight excluding hydrogens is 204 g/mol. The van der Waals surface area contributed by atoms with E-state index in [1.54, 1.807) is 12.1 Å². The minimum Gasteiger partial charge on any atom is -0.494 e. The van der Waals surface area contributed by atoms with Crippen molar-refractivity contribution in [2.24, 2.45) is 0 Å². The van der Waals surface area contributed by atoms with E-state index in [0.29, 0.717) is 12.4 Å². The molecule has 0 heterocycles. The van der Waals surface area contributed by atoms with Crippen LogP contribution < -0.4 is 4.74 Å². The van der Waals surface area contributed by atoms with Gasteiger partial charge in [0.05, 0.1) is 18.6 Å². The number of benzene rings is 1. The Labute approximate surface area is 83.6 Å². The highest BCUT2D eigenvalue weighted by Crippen LogP contribution is 2.16. The first-order chi connectivity index (χ1) is 6.60. The summed E-state index contributed by atoms with van der Waals surface area (Å²) in [6.07, 6.45) is 0. The molecule has 0 spiro atoms.